The van der Waals surface area contributed by atoms with Crippen LogP contribution in [0.5, 0.6) is 11.5 Å². The fourth-order valence-electron chi connectivity index (χ4n) is 4.59. The number of carbonyl (C=O) groups is 1. The van der Waals surface area contributed by atoms with Crippen LogP contribution < -0.4 is 9.47 Å². The van der Waals surface area contributed by atoms with E-state index < -0.39 is 0 Å². The number of benzene rings is 2. The summed E-state index contributed by atoms with van der Waals surface area (Å²) in [5.41, 5.74) is 3.22. The highest BCUT2D eigenvalue weighted by atomic mass is 32.1. The maximum Gasteiger partial charge on any atom is 0.264 e. The minimum absolute atomic E-state index is 0.0113. The number of thiophene rings is 2. The summed E-state index contributed by atoms with van der Waals surface area (Å²) in [6.45, 7) is 4.77. The van der Waals surface area contributed by atoms with Crippen molar-refractivity contribution in [1.82, 2.24) is 4.90 Å². The fourth-order valence-corrected chi connectivity index (χ4v) is 6.40. The highest BCUT2D eigenvalue weighted by Crippen LogP contribution is 2.42. The molecular formula is C27H25NO4S2. The molecule has 1 saturated heterocycles. The first-order valence-corrected chi connectivity index (χ1v) is 13.2. The molecule has 0 bridgehead atoms. The molecule has 0 unspecified atom stereocenters. The first-order chi connectivity index (χ1) is 16.7. The number of ether oxygens (including phenoxy) is 3. The molecule has 0 saturated carbocycles. The molecule has 2 aliphatic rings. The van der Waals surface area contributed by atoms with Gasteiger partial charge in [0, 0.05) is 39.1 Å². The number of rotatable bonds is 4. The number of carbonyl (C=O) groups excluding carboxylic acids is 1. The predicted molar refractivity (Wildman–Crippen MR) is 136 cm³/mol. The summed E-state index contributed by atoms with van der Waals surface area (Å²) in [5, 5.41) is 3.42. The van der Waals surface area contributed by atoms with Gasteiger partial charge in [-0.3, -0.25) is 4.79 Å². The normalized spacial score (nSPS) is 17.9. The average molecular weight is 492 g/mol. The van der Waals surface area contributed by atoms with Gasteiger partial charge in [-0.1, -0.05) is 18.2 Å². The molecule has 6 rings (SSSR count). The molecule has 174 valence electrons. The van der Waals surface area contributed by atoms with Crippen molar-refractivity contribution in [2.75, 3.05) is 26.4 Å². The summed E-state index contributed by atoms with van der Waals surface area (Å²) in [4.78, 5) is 17.0. The Balaban J connectivity index is 1.42. The molecule has 7 heteroatoms. The van der Waals surface area contributed by atoms with Gasteiger partial charge in [0.05, 0.1) is 24.6 Å². The monoisotopic (exact) mass is 491 g/mol. The lowest BCUT2D eigenvalue weighted by Gasteiger charge is -2.20. The van der Waals surface area contributed by atoms with Gasteiger partial charge in [-0.05, 0) is 48.2 Å². The Labute approximate surface area is 206 Å². The summed E-state index contributed by atoms with van der Waals surface area (Å²) in [5.74, 6) is 1.53. The Morgan fingerprint density at radius 1 is 1.15 bits per heavy atom. The second kappa shape index (κ2) is 9.06. The summed E-state index contributed by atoms with van der Waals surface area (Å²) in [6.07, 6.45) is 0.875. The second-order valence-electron chi connectivity index (χ2n) is 8.70. The highest BCUT2D eigenvalue weighted by Gasteiger charge is 2.27. The van der Waals surface area contributed by atoms with E-state index in [4.69, 9.17) is 14.2 Å². The molecule has 2 aromatic heterocycles. The number of amides is 1. The molecule has 34 heavy (non-hydrogen) atoms. The van der Waals surface area contributed by atoms with Crippen LogP contribution in [0.3, 0.4) is 0 Å². The van der Waals surface area contributed by atoms with Crippen LogP contribution in [0, 0.1) is 6.92 Å². The topological polar surface area (TPSA) is 48.0 Å². The molecule has 2 aliphatic heterocycles. The lowest BCUT2D eigenvalue weighted by atomic mass is 10.0. The summed E-state index contributed by atoms with van der Waals surface area (Å²) in [7, 11) is 0. The highest BCUT2D eigenvalue weighted by molar-refractivity contribution is 7.17. The van der Waals surface area contributed by atoms with Gasteiger partial charge >= 0.3 is 0 Å². The van der Waals surface area contributed by atoms with Crippen molar-refractivity contribution in [1.29, 1.82) is 0 Å². The quantitative estimate of drug-likeness (QED) is 0.344. The van der Waals surface area contributed by atoms with E-state index in [2.05, 4.69) is 41.8 Å². The molecular weight excluding hydrogens is 466 g/mol. The maximum absolute atomic E-state index is 13.3. The van der Waals surface area contributed by atoms with Crippen molar-refractivity contribution < 1.29 is 19.0 Å². The van der Waals surface area contributed by atoms with E-state index in [1.165, 1.54) is 27.0 Å². The Bertz CT molecular complexity index is 1350. The Kier molecular flexibility index (Phi) is 5.77. The van der Waals surface area contributed by atoms with Crippen LogP contribution >= 0.6 is 22.7 Å². The molecule has 0 spiro atoms. The number of nitrogens with zero attached hydrogens (tertiary/aromatic N) is 1. The van der Waals surface area contributed by atoms with Gasteiger partial charge in [-0.2, -0.15) is 0 Å². The summed E-state index contributed by atoms with van der Waals surface area (Å²) >= 11 is 3.27. The van der Waals surface area contributed by atoms with Gasteiger partial charge in [0.2, 0.25) is 0 Å². The Morgan fingerprint density at radius 3 is 2.88 bits per heavy atom. The van der Waals surface area contributed by atoms with Crippen LogP contribution in [-0.2, 0) is 11.3 Å². The number of aryl methyl sites for hydroxylation is 1. The molecule has 5 nitrogen and oxygen atoms in total. The third-order valence-electron chi connectivity index (χ3n) is 6.31. The summed E-state index contributed by atoms with van der Waals surface area (Å²) < 4.78 is 19.4. The van der Waals surface area contributed by atoms with Crippen LogP contribution in [0.1, 0.15) is 26.5 Å². The Morgan fingerprint density at radius 2 is 2.06 bits per heavy atom. The molecule has 2 aromatic carbocycles. The number of hydrogen-bond acceptors (Lipinski definition) is 6. The minimum atomic E-state index is 0.0113. The van der Waals surface area contributed by atoms with Crippen LogP contribution in [-0.4, -0.2) is 43.3 Å². The van der Waals surface area contributed by atoms with Crippen molar-refractivity contribution in [3.63, 3.8) is 0 Å². The van der Waals surface area contributed by atoms with E-state index in [1.807, 2.05) is 24.0 Å². The minimum Gasteiger partial charge on any atom is -0.487 e. The van der Waals surface area contributed by atoms with Crippen molar-refractivity contribution in [2.45, 2.75) is 26.0 Å². The molecule has 1 amide bonds. The van der Waals surface area contributed by atoms with E-state index in [-0.39, 0.29) is 12.0 Å². The molecule has 4 aromatic rings. The van der Waals surface area contributed by atoms with Crippen molar-refractivity contribution in [2.24, 2.45) is 0 Å². The van der Waals surface area contributed by atoms with E-state index >= 15 is 0 Å². The first kappa shape index (κ1) is 21.6. The van der Waals surface area contributed by atoms with Gasteiger partial charge in [-0.15, -0.1) is 22.7 Å². The lowest BCUT2D eigenvalue weighted by molar-refractivity contribution is 0.0737. The predicted octanol–water partition coefficient (Wildman–Crippen LogP) is 6.14. The van der Waals surface area contributed by atoms with Gasteiger partial charge in [0.15, 0.2) is 11.5 Å². The third kappa shape index (κ3) is 4.08. The van der Waals surface area contributed by atoms with Gasteiger partial charge in [-0.25, -0.2) is 0 Å². The van der Waals surface area contributed by atoms with Gasteiger partial charge in [0.1, 0.15) is 12.7 Å². The second-order valence-corrected chi connectivity index (χ2v) is 10.9. The molecule has 4 heterocycles. The third-order valence-corrected chi connectivity index (χ3v) is 8.26. The van der Waals surface area contributed by atoms with E-state index in [1.54, 1.807) is 11.3 Å². The van der Waals surface area contributed by atoms with Crippen molar-refractivity contribution >= 4 is 38.7 Å². The summed E-state index contributed by atoms with van der Waals surface area (Å²) in [6, 6.07) is 16.6. The van der Waals surface area contributed by atoms with E-state index in [0.29, 0.717) is 32.9 Å². The smallest absolute Gasteiger partial charge is 0.264 e. The average Bonchev–Trinajstić information content (AvgIpc) is 3.57. The van der Waals surface area contributed by atoms with E-state index in [9.17, 15) is 4.79 Å². The molecule has 0 N–H and O–H groups in total. The standard InChI is InChI=1S/C27H25NO4S2/c1-17-6-7-25(34-17)27(29)28-9-11-31-26-19(14-28)12-18(13-23(26)32-20-8-10-30-15-20)22-16-33-24-5-3-2-4-21(22)24/h2-7,12-13,16,20H,8-11,14-15H2,1H3/t20-/m1/s1. The zero-order valence-electron chi connectivity index (χ0n) is 18.9. The molecule has 1 atom stereocenters. The van der Waals surface area contributed by atoms with Gasteiger partial charge in [0.25, 0.3) is 5.91 Å². The molecule has 1 fully saturated rings. The Hall–Kier alpha value is -2.87. The molecule has 0 radical (unpaired) electrons. The van der Waals surface area contributed by atoms with E-state index in [0.717, 1.165) is 38.8 Å². The van der Waals surface area contributed by atoms with Crippen LogP contribution in [0.25, 0.3) is 21.2 Å². The number of hydrogen-bond donors (Lipinski definition) is 0. The van der Waals surface area contributed by atoms with Crippen LogP contribution in [0.4, 0.5) is 0 Å². The SMILES string of the molecule is Cc1ccc(C(=O)N2CCOc3c(cc(-c4csc5ccccc45)cc3O[C@@H]3CCOC3)C2)s1. The molecule has 0 aliphatic carbocycles. The largest absolute Gasteiger partial charge is 0.487 e. The van der Waals surface area contributed by atoms with Crippen LogP contribution in [0.15, 0.2) is 53.9 Å². The fraction of sp³-hybridized carbons (Fsp3) is 0.296. The first-order valence-electron chi connectivity index (χ1n) is 11.5. The maximum atomic E-state index is 13.3. The zero-order chi connectivity index (χ0) is 23.1. The van der Waals surface area contributed by atoms with Crippen molar-refractivity contribution in [3.8, 4) is 22.6 Å². The number of fused-ring (bicyclic) bond motifs is 2. The van der Waals surface area contributed by atoms with Gasteiger partial charge < -0.3 is 19.1 Å². The zero-order valence-corrected chi connectivity index (χ0v) is 20.5. The van der Waals surface area contributed by atoms with Crippen molar-refractivity contribution in [3.05, 3.63) is 69.2 Å². The van der Waals surface area contributed by atoms with Crippen LogP contribution in [0.2, 0.25) is 0 Å². The lowest BCUT2D eigenvalue weighted by Crippen LogP contribution is -2.31.